The molecule has 1 aliphatic carbocycles. The molecule has 1 atom stereocenters. The zero-order valence-electron chi connectivity index (χ0n) is 14.1. The van der Waals surface area contributed by atoms with Crippen molar-refractivity contribution in [2.75, 3.05) is 0 Å². The van der Waals surface area contributed by atoms with Gasteiger partial charge in [0.05, 0.1) is 0 Å². The van der Waals surface area contributed by atoms with E-state index in [4.69, 9.17) is 4.52 Å². The Morgan fingerprint density at radius 1 is 1.22 bits per heavy atom. The third kappa shape index (κ3) is 3.60. The molecule has 0 bridgehead atoms. The van der Waals surface area contributed by atoms with Crippen LogP contribution in [-0.2, 0) is 0 Å². The molecule has 1 fully saturated rings. The summed E-state index contributed by atoms with van der Waals surface area (Å²) in [6, 6.07) is 5.56. The molecule has 1 heterocycles. The van der Waals surface area contributed by atoms with Crippen LogP contribution in [0.4, 0.5) is 0 Å². The highest BCUT2D eigenvalue weighted by Crippen LogP contribution is 2.38. The second-order valence-corrected chi connectivity index (χ2v) is 6.84. The second kappa shape index (κ2) is 6.14. The van der Waals surface area contributed by atoms with Gasteiger partial charge in [-0.05, 0) is 44.7 Å². The third-order valence-electron chi connectivity index (χ3n) is 4.10. The zero-order valence-corrected chi connectivity index (χ0v) is 14.1. The maximum absolute atomic E-state index is 12.6. The van der Waals surface area contributed by atoms with Gasteiger partial charge in [0.25, 0.3) is 5.91 Å². The zero-order chi connectivity index (χ0) is 16.6. The summed E-state index contributed by atoms with van der Waals surface area (Å²) in [5.74, 6) is 1.76. The van der Waals surface area contributed by atoms with Gasteiger partial charge in [-0.3, -0.25) is 4.79 Å². The van der Waals surface area contributed by atoms with Crippen molar-refractivity contribution in [3.05, 3.63) is 46.6 Å². The minimum atomic E-state index is -0.275. The Kier molecular flexibility index (Phi) is 4.20. The van der Waals surface area contributed by atoms with Crippen LogP contribution in [0.2, 0.25) is 0 Å². The lowest BCUT2D eigenvalue weighted by molar-refractivity contribution is 0.0913. The monoisotopic (exact) mass is 313 g/mol. The van der Waals surface area contributed by atoms with Crippen LogP contribution in [0.1, 0.15) is 71.8 Å². The first-order chi connectivity index (χ1) is 10.9. The van der Waals surface area contributed by atoms with Gasteiger partial charge in [0, 0.05) is 11.5 Å². The Bertz CT molecular complexity index is 697. The van der Waals surface area contributed by atoms with Crippen molar-refractivity contribution in [1.82, 2.24) is 15.5 Å². The van der Waals surface area contributed by atoms with Gasteiger partial charge >= 0.3 is 0 Å². The van der Waals surface area contributed by atoms with E-state index in [0.717, 1.165) is 29.8 Å². The van der Waals surface area contributed by atoms with Crippen LogP contribution in [0.3, 0.4) is 0 Å². The quantitative estimate of drug-likeness (QED) is 0.914. The molecule has 23 heavy (non-hydrogen) atoms. The van der Waals surface area contributed by atoms with Crippen molar-refractivity contribution < 1.29 is 9.32 Å². The Balaban J connectivity index is 1.79. The average molecular weight is 313 g/mol. The molecular weight excluding hydrogens is 290 g/mol. The van der Waals surface area contributed by atoms with E-state index in [9.17, 15) is 4.79 Å². The van der Waals surface area contributed by atoms with E-state index in [2.05, 4.69) is 21.5 Å². The predicted octanol–water partition coefficient (Wildman–Crippen LogP) is 3.69. The van der Waals surface area contributed by atoms with Crippen molar-refractivity contribution >= 4 is 5.91 Å². The van der Waals surface area contributed by atoms with Gasteiger partial charge < -0.3 is 9.84 Å². The first kappa shape index (κ1) is 15.7. The van der Waals surface area contributed by atoms with E-state index in [0.29, 0.717) is 17.4 Å². The number of carbonyl (C=O) groups excluding carboxylic acids is 1. The maximum atomic E-state index is 12.6. The molecule has 1 unspecified atom stereocenters. The summed E-state index contributed by atoms with van der Waals surface area (Å²) in [7, 11) is 0. The van der Waals surface area contributed by atoms with Crippen molar-refractivity contribution in [2.24, 2.45) is 5.92 Å². The van der Waals surface area contributed by atoms with Gasteiger partial charge in [-0.15, -0.1) is 0 Å². The van der Waals surface area contributed by atoms with Crippen LogP contribution in [0, 0.1) is 19.8 Å². The highest BCUT2D eigenvalue weighted by molar-refractivity contribution is 5.94. The molecule has 1 amide bonds. The normalized spacial score (nSPS) is 15.7. The molecule has 0 radical (unpaired) electrons. The molecule has 3 rings (SSSR count). The second-order valence-electron chi connectivity index (χ2n) is 6.84. The lowest BCUT2D eigenvalue weighted by atomic mass is 10.0. The van der Waals surface area contributed by atoms with Gasteiger partial charge in [-0.25, -0.2) is 0 Å². The molecule has 5 heteroatoms. The number of aryl methyl sites for hydroxylation is 2. The summed E-state index contributed by atoms with van der Waals surface area (Å²) in [6.45, 7) is 8.05. The number of hydrogen-bond acceptors (Lipinski definition) is 4. The molecule has 1 aromatic carbocycles. The highest BCUT2D eigenvalue weighted by Gasteiger charge is 2.31. The van der Waals surface area contributed by atoms with Gasteiger partial charge in [0.1, 0.15) is 6.04 Å². The summed E-state index contributed by atoms with van der Waals surface area (Å²) in [5, 5.41) is 7.09. The van der Waals surface area contributed by atoms with Gasteiger partial charge in [-0.2, -0.15) is 4.98 Å². The number of carbonyl (C=O) groups is 1. The number of nitrogens with zero attached hydrogens (tertiary/aromatic N) is 2. The first-order valence-corrected chi connectivity index (χ1v) is 8.16. The van der Waals surface area contributed by atoms with Crippen LogP contribution < -0.4 is 5.32 Å². The topological polar surface area (TPSA) is 68.0 Å². The van der Waals surface area contributed by atoms with E-state index >= 15 is 0 Å². The van der Waals surface area contributed by atoms with Crippen molar-refractivity contribution in [3.8, 4) is 0 Å². The van der Waals surface area contributed by atoms with E-state index in [1.165, 1.54) is 0 Å². The molecule has 1 aromatic heterocycles. The van der Waals surface area contributed by atoms with Crippen molar-refractivity contribution in [1.29, 1.82) is 0 Å². The van der Waals surface area contributed by atoms with Gasteiger partial charge in [-0.1, -0.05) is 36.2 Å². The van der Waals surface area contributed by atoms with E-state index in [-0.39, 0.29) is 17.9 Å². The Hall–Kier alpha value is -2.17. The summed E-state index contributed by atoms with van der Waals surface area (Å²) in [5.41, 5.74) is 2.81. The van der Waals surface area contributed by atoms with E-state index < -0.39 is 0 Å². The van der Waals surface area contributed by atoms with Crippen molar-refractivity contribution in [2.45, 2.75) is 52.5 Å². The highest BCUT2D eigenvalue weighted by atomic mass is 16.5. The molecule has 0 spiro atoms. The van der Waals surface area contributed by atoms with E-state index in [1.807, 2.05) is 39.8 Å². The Morgan fingerprint density at radius 3 is 2.43 bits per heavy atom. The average Bonchev–Trinajstić information content (AvgIpc) is 3.21. The number of nitrogens with one attached hydrogen (secondary N) is 1. The minimum absolute atomic E-state index is 0.110. The molecule has 1 N–H and O–H groups in total. The largest absolute Gasteiger partial charge is 0.340 e. The lowest BCUT2D eigenvalue weighted by Gasteiger charge is -2.18. The number of rotatable bonds is 5. The summed E-state index contributed by atoms with van der Waals surface area (Å²) < 4.78 is 5.40. The standard InChI is InChI=1S/C18H23N3O2/c1-10(2)15(18-20-16(21-23-18)13-5-6-13)19-17(22)14-8-11(3)7-12(4)9-14/h7-10,13,15H,5-6H2,1-4H3,(H,19,22). The fraction of sp³-hybridized carbons (Fsp3) is 0.500. The predicted molar refractivity (Wildman–Crippen MR) is 87.2 cm³/mol. The maximum Gasteiger partial charge on any atom is 0.251 e. The van der Waals surface area contributed by atoms with Crippen LogP contribution >= 0.6 is 0 Å². The Morgan fingerprint density at radius 2 is 1.87 bits per heavy atom. The number of benzene rings is 1. The van der Waals surface area contributed by atoms with Crippen LogP contribution in [0.5, 0.6) is 0 Å². The molecular formula is C18H23N3O2. The first-order valence-electron chi connectivity index (χ1n) is 8.16. The van der Waals surface area contributed by atoms with Crippen LogP contribution in [-0.4, -0.2) is 16.0 Å². The Labute approximate surface area is 136 Å². The summed E-state index contributed by atoms with van der Waals surface area (Å²) in [6.07, 6.45) is 2.25. The molecule has 1 aliphatic rings. The third-order valence-corrected chi connectivity index (χ3v) is 4.10. The fourth-order valence-electron chi connectivity index (χ4n) is 2.72. The SMILES string of the molecule is Cc1cc(C)cc(C(=O)NC(c2nc(C3CC3)no2)C(C)C)c1. The minimum Gasteiger partial charge on any atom is -0.340 e. The summed E-state index contributed by atoms with van der Waals surface area (Å²) >= 11 is 0. The number of aromatic nitrogens is 2. The molecule has 0 aliphatic heterocycles. The molecule has 2 aromatic rings. The van der Waals surface area contributed by atoms with Crippen molar-refractivity contribution in [3.63, 3.8) is 0 Å². The number of hydrogen-bond donors (Lipinski definition) is 1. The molecule has 1 saturated carbocycles. The molecule has 0 saturated heterocycles. The van der Waals surface area contributed by atoms with Gasteiger partial charge in [0.2, 0.25) is 5.89 Å². The van der Waals surface area contributed by atoms with Gasteiger partial charge in [0.15, 0.2) is 5.82 Å². The van der Waals surface area contributed by atoms with Crippen LogP contribution in [0.25, 0.3) is 0 Å². The lowest BCUT2D eigenvalue weighted by Crippen LogP contribution is -2.32. The van der Waals surface area contributed by atoms with E-state index in [1.54, 1.807) is 0 Å². The fourth-order valence-corrected chi connectivity index (χ4v) is 2.72. The number of amides is 1. The molecule has 5 nitrogen and oxygen atoms in total. The smallest absolute Gasteiger partial charge is 0.251 e. The molecule has 122 valence electrons. The van der Waals surface area contributed by atoms with Crippen LogP contribution in [0.15, 0.2) is 22.7 Å². The summed E-state index contributed by atoms with van der Waals surface area (Å²) in [4.78, 5) is 17.1.